The van der Waals surface area contributed by atoms with Crippen LogP contribution in [0.15, 0.2) is 24.3 Å². The molecule has 1 aromatic carbocycles. The van der Waals surface area contributed by atoms with Crippen LogP contribution in [-0.2, 0) is 13.5 Å². The van der Waals surface area contributed by atoms with E-state index in [1.807, 2.05) is 49.8 Å². The van der Waals surface area contributed by atoms with E-state index in [2.05, 4.69) is 22.7 Å². The van der Waals surface area contributed by atoms with Crippen molar-refractivity contribution in [2.75, 3.05) is 13.1 Å². The number of urea groups is 1. The molecule has 0 saturated heterocycles. The summed E-state index contributed by atoms with van der Waals surface area (Å²) in [6, 6.07) is 7.37. The Morgan fingerprint density at radius 1 is 1.24 bits per heavy atom. The summed E-state index contributed by atoms with van der Waals surface area (Å²) in [6.45, 7) is 6.79. The first kappa shape index (κ1) is 19.0. The Labute approximate surface area is 149 Å². The van der Waals surface area contributed by atoms with Crippen LogP contribution in [0.3, 0.4) is 0 Å². The monoisotopic (exact) mass is 344 g/mol. The van der Waals surface area contributed by atoms with E-state index in [9.17, 15) is 9.90 Å². The molecule has 2 aromatic rings. The predicted octanol–water partition coefficient (Wildman–Crippen LogP) is 2.31. The molecule has 1 atom stereocenters. The summed E-state index contributed by atoms with van der Waals surface area (Å²) >= 11 is 0. The second-order valence-electron chi connectivity index (χ2n) is 6.39. The molecule has 0 spiro atoms. The summed E-state index contributed by atoms with van der Waals surface area (Å²) in [5, 5.41) is 20.1. The lowest BCUT2D eigenvalue weighted by Gasteiger charge is -2.15. The Hall–Kier alpha value is -2.34. The molecule has 0 aliphatic carbocycles. The zero-order valence-electron chi connectivity index (χ0n) is 15.5. The number of aromatic nitrogens is 2. The molecule has 2 amide bonds. The van der Waals surface area contributed by atoms with Crippen LogP contribution >= 0.6 is 0 Å². The molecule has 0 aliphatic rings. The van der Waals surface area contributed by atoms with E-state index in [0.29, 0.717) is 6.54 Å². The number of aliphatic hydroxyl groups is 1. The van der Waals surface area contributed by atoms with Crippen LogP contribution in [0, 0.1) is 20.8 Å². The van der Waals surface area contributed by atoms with E-state index in [1.54, 1.807) is 0 Å². The number of aryl methyl sites for hydroxylation is 3. The molecular formula is C19H28N4O2. The van der Waals surface area contributed by atoms with Gasteiger partial charge in [0, 0.05) is 25.8 Å². The smallest absolute Gasteiger partial charge is 0.314 e. The van der Waals surface area contributed by atoms with E-state index in [4.69, 9.17) is 0 Å². The van der Waals surface area contributed by atoms with Crippen molar-refractivity contribution >= 4 is 6.03 Å². The third-order valence-electron chi connectivity index (χ3n) is 4.55. The topological polar surface area (TPSA) is 79.2 Å². The molecule has 0 radical (unpaired) electrons. The molecule has 0 bridgehead atoms. The highest BCUT2D eigenvalue weighted by Crippen LogP contribution is 2.16. The fraction of sp³-hybridized carbons (Fsp3) is 0.474. The van der Waals surface area contributed by atoms with Crippen molar-refractivity contribution in [1.82, 2.24) is 20.4 Å². The first-order chi connectivity index (χ1) is 11.9. The van der Waals surface area contributed by atoms with Crippen molar-refractivity contribution in [3.8, 4) is 0 Å². The number of hydrogen-bond acceptors (Lipinski definition) is 3. The maximum atomic E-state index is 11.9. The van der Waals surface area contributed by atoms with Crippen molar-refractivity contribution in [3.63, 3.8) is 0 Å². The number of nitrogens with zero attached hydrogens (tertiary/aromatic N) is 2. The van der Waals surface area contributed by atoms with E-state index in [1.165, 1.54) is 11.3 Å². The highest BCUT2D eigenvalue weighted by molar-refractivity contribution is 5.73. The third kappa shape index (κ3) is 5.06. The average Bonchev–Trinajstić information content (AvgIpc) is 2.82. The van der Waals surface area contributed by atoms with Gasteiger partial charge in [-0.1, -0.05) is 24.3 Å². The lowest BCUT2D eigenvalue weighted by atomic mass is 10.0. The van der Waals surface area contributed by atoms with Gasteiger partial charge in [-0.25, -0.2) is 4.79 Å². The van der Waals surface area contributed by atoms with Crippen LogP contribution in [0.4, 0.5) is 4.79 Å². The van der Waals surface area contributed by atoms with Gasteiger partial charge in [-0.2, -0.15) is 5.10 Å². The number of benzene rings is 1. The van der Waals surface area contributed by atoms with Gasteiger partial charge in [0.25, 0.3) is 0 Å². The minimum Gasteiger partial charge on any atom is -0.387 e. The lowest BCUT2D eigenvalue weighted by Crippen LogP contribution is -2.38. The quantitative estimate of drug-likeness (QED) is 0.675. The Bertz CT molecular complexity index is 724. The zero-order chi connectivity index (χ0) is 18.4. The Morgan fingerprint density at radius 2 is 1.96 bits per heavy atom. The van der Waals surface area contributed by atoms with Crippen molar-refractivity contribution in [3.05, 3.63) is 52.3 Å². The molecule has 0 saturated carbocycles. The summed E-state index contributed by atoms with van der Waals surface area (Å²) < 4.78 is 1.89. The normalized spacial score (nSPS) is 12.0. The molecule has 0 aliphatic heterocycles. The van der Waals surface area contributed by atoms with Crippen LogP contribution in [0.25, 0.3) is 0 Å². The second-order valence-corrected chi connectivity index (χ2v) is 6.39. The molecule has 136 valence electrons. The highest BCUT2D eigenvalue weighted by Gasteiger charge is 2.12. The molecule has 1 heterocycles. The van der Waals surface area contributed by atoms with E-state index in [0.717, 1.165) is 29.7 Å². The van der Waals surface area contributed by atoms with E-state index in [-0.39, 0.29) is 12.6 Å². The number of rotatable bonds is 7. The average molecular weight is 344 g/mol. The molecule has 2 rings (SSSR count). The summed E-state index contributed by atoms with van der Waals surface area (Å²) in [7, 11) is 1.94. The fourth-order valence-corrected chi connectivity index (χ4v) is 2.97. The zero-order valence-corrected chi connectivity index (χ0v) is 15.5. The summed E-state index contributed by atoms with van der Waals surface area (Å²) in [5.74, 6) is 0. The number of hydrogen-bond donors (Lipinski definition) is 3. The number of amides is 2. The first-order valence-corrected chi connectivity index (χ1v) is 8.64. The largest absolute Gasteiger partial charge is 0.387 e. The molecule has 6 heteroatoms. The van der Waals surface area contributed by atoms with Crippen molar-refractivity contribution in [1.29, 1.82) is 0 Å². The number of aliphatic hydroxyl groups excluding tert-OH is 1. The highest BCUT2D eigenvalue weighted by atomic mass is 16.3. The van der Waals surface area contributed by atoms with Gasteiger partial charge in [0.2, 0.25) is 0 Å². The molecule has 1 aromatic heterocycles. The summed E-state index contributed by atoms with van der Waals surface area (Å²) in [6.07, 6.45) is 1.03. The van der Waals surface area contributed by atoms with Gasteiger partial charge in [0.05, 0.1) is 11.8 Å². The van der Waals surface area contributed by atoms with E-state index < -0.39 is 6.10 Å². The van der Waals surface area contributed by atoms with Crippen molar-refractivity contribution < 1.29 is 9.90 Å². The van der Waals surface area contributed by atoms with Crippen molar-refractivity contribution in [2.24, 2.45) is 7.05 Å². The lowest BCUT2D eigenvalue weighted by molar-refractivity contribution is 0.172. The van der Waals surface area contributed by atoms with Gasteiger partial charge in [0.1, 0.15) is 0 Å². The number of carbonyl (C=O) groups excluding carboxylic acids is 1. The maximum Gasteiger partial charge on any atom is 0.314 e. The SMILES string of the molecule is Cc1ccccc1C(O)CNC(=O)NCCCc1c(C)nn(C)c1C. The van der Waals surface area contributed by atoms with Gasteiger partial charge in [0.15, 0.2) is 0 Å². The third-order valence-corrected chi connectivity index (χ3v) is 4.55. The maximum absolute atomic E-state index is 11.9. The molecule has 25 heavy (non-hydrogen) atoms. The Morgan fingerprint density at radius 3 is 2.60 bits per heavy atom. The summed E-state index contributed by atoms with van der Waals surface area (Å²) in [5.41, 5.74) is 5.32. The van der Waals surface area contributed by atoms with Crippen LogP contribution in [0.5, 0.6) is 0 Å². The Kier molecular flexibility index (Phi) is 6.58. The van der Waals surface area contributed by atoms with Gasteiger partial charge in [-0.3, -0.25) is 4.68 Å². The van der Waals surface area contributed by atoms with Crippen molar-refractivity contribution in [2.45, 2.75) is 39.7 Å². The molecular weight excluding hydrogens is 316 g/mol. The van der Waals surface area contributed by atoms with Gasteiger partial charge in [-0.05, 0) is 50.3 Å². The first-order valence-electron chi connectivity index (χ1n) is 8.64. The molecule has 6 nitrogen and oxygen atoms in total. The predicted molar refractivity (Wildman–Crippen MR) is 98.5 cm³/mol. The van der Waals surface area contributed by atoms with Crippen LogP contribution in [0.1, 0.15) is 40.6 Å². The van der Waals surface area contributed by atoms with Gasteiger partial charge in [-0.15, -0.1) is 0 Å². The number of nitrogens with one attached hydrogen (secondary N) is 2. The van der Waals surface area contributed by atoms with Gasteiger partial charge < -0.3 is 15.7 Å². The molecule has 0 fully saturated rings. The van der Waals surface area contributed by atoms with Crippen LogP contribution < -0.4 is 10.6 Å². The molecule has 1 unspecified atom stereocenters. The minimum absolute atomic E-state index is 0.192. The fourth-order valence-electron chi connectivity index (χ4n) is 2.97. The van der Waals surface area contributed by atoms with Gasteiger partial charge >= 0.3 is 6.03 Å². The van der Waals surface area contributed by atoms with Crippen LogP contribution in [0.2, 0.25) is 0 Å². The standard InChI is InChI=1S/C19H28N4O2/c1-13-8-5-6-9-16(13)18(24)12-21-19(25)20-11-7-10-17-14(2)22-23(4)15(17)3/h5-6,8-9,18,24H,7,10-12H2,1-4H3,(H2,20,21,25). The number of carbonyl (C=O) groups is 1. The summed E-state index contributed by atoms with van der Waals surface area (Å²) in [4.78, 5) is 11.9. The van der Waals surface area contributed by atoms with E-state index >= 15 is 0 Å². The van der Waals surface area contributed by atoms with Crippen LogP contribution in [-0.4, -0.2) is 34.0 Å². The minimum atomic E-state index is -0.701. The Balaban J connectivity index is 1.70. The second kappa shape index (κ2) is 8.67. The molecule has 3 N–H and O–H groups in total.